The number of carbonyl (C=O) groups excluding carboxylic acids is 1. The Hall–Kier alpha value is -1.32. The molecule has 0 saturated carbocycles. The molecule has 13 heavy (non-hydrogen) atoms. The fourth-order valence-corrected chi connectivity index (χ4v) is 1.16. The summed E-state index contributed by atoms with van der Waals surface area (Å²) < 4.78 is 5.02. The zero-order chi connectivity index (χ0) is 10.0. The fourth-order valence-electron chi connectivity index (χ4n) is 1.16. The Kier molecular flexibility index (Phi) is 2.70. The van der Waals surface area contributed by atoms with Crippen LogP contribution in [0.5, 0.6) is 0 Å². The second-order valence-corrected chi connectivity index (χ2v) is 3.12. The molecule has 4 nitrogen and oxygen atoms in total. The Labute approximate surface area is 77.5 Å². The van der Waals surface area contributed by atoms with E-state index in [1.165, 1.54) is 4.90 Å². The van der Waals surface area contributed by atoms with Crippen molar-refractivity contribution in [3.05, 3.63) is 17.0 Å². The molecule has 0 N–H and O–H groups in total. The summed E-state index contributed by atoms with van der Waals surface area (Å²) in [6.45, 7) is 3.71. The summed E-state index contributed by atoms with van der Waals surface area (Å²) in [5, 5.41) is 3.77. The maximum Gasteiger partial charge on any atom is 0.258 e. The van der Waals surface area contributed by atoms with Gasteiger partial charge in [-0.2, -0.15) is 0 Å². The van der Waals surface area contributed by atoms with Crippen LogP contribution in [0.4, 0.5) is 0 Å². The van der Waals surface area contributed by atoms with Crippen LogP contribution in [-0.2, 0) is 6.42 Å². The number of aryl methyl sites for hydroxylation is 2. The zero-order valence-electron chi connectivity index (χ0n) is 8.42. The first kappa shape index (κ1) is 9.77. The van der Waals surface area contributed by atoms with Crippen LogP contribution in [-0.4, -0.2) is 30.1 Å². The van der Waals surface area contributed by atoms with Crippen LogP contribution in [0.1, 0.15) is 28.7 Å². The summed E-state index contributed by atoms with van der Waals surface area (Å²) in [7, 11) is 3.43. The predicted octanol–water partition coefficient (Wildman–Crippen LogP) is 1.25. The van der Waals surface area contributed by atoms with E-state index in [0.29, 0.717) is 23.4 Å². The van der Waals surface area contributed by atoms with E-state index in [4.69, 9.17) is 4.52 Å². The van der Waals surface area contributed by atoms with Gasteiger partial charge in [0.1, 0.15) is 11.3 Å². The molecule has 0 fully saturated rings. The molecule has 0 aromatic carbocycles. The molecule has 0 aliphatic carbocycles. The molecule has 0 unspecified atom stereocenters. The molecule has 0 aliphatic rings. The van der Waals surface area contributed by atoms with Gasteiger partial charge in [0.05, 0.1) is 5.69 Å². The van der Waals surface area contributed by atoms with Crippen LogP contribution in [0.15, 0.2) is 4.52 Å². The van der Waals surface area contributed by atoms with Gasteiger partial charge in [-0.05, 0) is 6.92 Å². The van der Waals surface area contributed by atoms with Crippen molar-refractivity contribution >= 4 is 5.91 Å². The lowest BCUT2D eigenvalue weighted by atomic mass is 10.1. The van der Waals surface area contributed by atoms with Gasteiger partial charge in [-0.15, -0.1) is 0 Å². The molecule has 0 aliphatic heterocycles. The molecule has 4 heteroatoms. The van der Waals surface area contributed by atoms with Crippen LogP contribution in [0.3, 0.4) is 0 Å². The highest BCUT2D eigenvalue weighted by Crippen LogP contribution is 2.15. The van der Waals surface area contributed by atoms with Gasteiger partial charge >= 0.3 is 0 Å². The lowest BCUT2D eigenvalue weighted by Crippen LogP contribution is -2.23. The monoisotopic (exact) mass is 182 g/mol. The van der Waals surface area contributed by atoms with Crippen molar-refractivity contribution in [2.75, 3.05) is 14.1 Å². The lowest BCUT2D eigenvalue weighted by molar-refractivity contribution is 0.0825. The molecule has 0 radical (unpaired) electrons. The summed E-state index contributed by atoms with van der Waals surface area (Å²) in [6, 6.07) is 0. The Morgan fingerprint density at radius 2 is 2.15 bits per heavy atom. The minimum atomic E-state index is -0.0457. The molecule has 72 valence electrons. The van der Waals surface area contributed by atoms with Gasteiger partial charge in [-0.25, -0.2) is 0 Å². The van der Waals surface area contributed by atoms with E-state index in [9.17, 15) is 4.79 Å². The molecule has 1 aromatic heterocycles. The number of amides is 1. The van der Waals surface area contributed by atoms with Crippen LogP contribution in [0.2, 0.25) is 0 Å². The highest BCUT2D eigenvalue weighted by Gasteiger charge is 2.20. The maximum atomic E-state index is 11.6. The van der Waals surface area contributed by atoms with E-state index in [1.54, 1.807) is 21.0 Å². The lowest BCUT2D eigenvalue weighted by Gasteiger charge is -2.09. The molecule has 0 spiro atoms. The van der Waals surface area contributed by atoms with Crippen LogP contribution < -0.4 is 0 Å². The molecule has 0 saturated heterocycles. The van der Waals surface area contributed by atoms with Crippen LogP contribution in [0.25, 0.3) is 0 Å². The van der Waals surface area contributed by atoms with E-state index in [2.05, 4.69) is 5.16 Å². The zero-order valence-corrected chi connectivity index (χ0v) is 8.42. The second-order valence-electron chi connectivity index (χ2n) is 3.12. The molecular formula is C9H14N2O2. The summed E-state index contributed by atoms with van der Waals surface area (Å²) in [6.07, 6.45) is 0.690. The topological polar surface area (TPSA) is 46.3 Å². The Balaban J connectivity index is 3.11. The third kappa shape index (κ3) is 1.71. The third-order valence-electron chi connectivity index (χ3n) is 1.87. The van der Waals surface area contributed by atoms with Crippen molar-refractivity contribution in [1.82, 2.24) is 10.1 Å². The third-order valence-corrected chi connectivity index (χ3v) is 1.87. The SMILES string of the molecule is CCc1onc(C)c1C(=O)N(C)C. The van der Waals surface area contributed by atoms with E-state index >= 15 is 0 Å². The maximum absolute atomic E-state index is 11.6. The van der Waals surface area contributed by atoms with E-state index < -0.39 is 0 Å². The van der Waals surface area contributed by atoms with Gasteiger partial charge in [0.15, 0.2) is 0 Å². The average Bonchev–Trinajstić information content (AvgIpc) is 2.45. The number of aromatic nitrogens is 1. The smallest absolute Gasteiger partial charge is 0.258 e. The van der Waals surface area contributed by atoms with E-state index in [0.717, 1.165) is 0 Å². The highest BCUT2D eigenvalue weighted by molar-refractivity contribution is 5.95. The van der Waals surface area contributed by atoms with Crippen molar-refractivity contribution in [2.45, 2.75) is 20.3 Å². The largest absolute Gasteiger partial charge is 0.360 e. The molecular weight excluding hydrogens is 168 g/mol. The van der Waals surface area contributed by atoms with Crippen molar-refractivity contribution in [1.29, 1.82) is 0 Å². The molecule has 1 amide bonds. The summed E-state index contributed by atoms with van der Waals surface area (Å²) in [5.41, 5.74) is 1.27. The summed E-state index contributed by atoms with van der Waals surface area (Å²) in [5.74, 6) is 0.617. The Morgan fingerprint density at radius 1 is 1.54 bits per heavy atom. The van der Waals surface area contributed by atoms with Crippen molar-refractivity contribution in [3.63, 3.8) is 0 Å². The first-order valence-electron chi connectivity index (χ1n) is 4.24. The number of hydrogen-bond donors (Lipinski definition) is 0. The fraction of sp³-hybridized carbons (Fsp3) is 0.556. The minimum absolute atomic E-state index is 0.0457. The van der Waals surface area contributed by atoms with Crippen molar-refractivity contribution in [2.24, 2.45) is 0 Å². The summed E-state index contributed by atoms with van der Waals surface area (Å²) in [4.78, 5) is 13.2. The number of carbonyl (C=O) groups is 1. The van der Waals surface area contributed by atoms with E-state index in [1.807, 2.05) is 6.92 Å². The van der Waals surface area contributed by atoms with Crippen LogP contribution >= 0.6 is 0 Å². The first-order valence-corrected chi connectivity index (χ1v) is 4.24. The quantitative estimate of drug-likeness (QED) is 0.691. The van der Waals surface area contributed by atoms with Gasteiger partial charge in [-0.1, -0.05) is 12.1 Å². The van der Waals surface area contributed by atoms with Crippen molar-refractivity contribution < 1.29 is 9.32 Å². The molecule has 1 heterocycles. The second kappa shape index (κ2) is 3.60. The van der Waals surface area contributed by atoms with Crippen molar-refractivity contribution in [3.8, 4) is 0 Å². The van der Waals surface area contributed by atoms with Gasteiger partial charge in [0.2, 0.25) is 0 Å². The normalized spacial score (nSPS) is 10.2. The van der Waals surface area contributed by atoms with E-state index in [-0.39, 0.29) is 5.91 Å². The molecule has 0 bridgehead atoms. The number of rotatable bonds is 2. The van der Waals surface area contributed by atoms with Gasteiger partial charge in [0, 0.05) is 20.5 Å². The Morgan fingerprint density at radius 3 is 2.62 bits per heavy atom. The minimum Gasteiger partial charge on any atom is -0.360 e. The van der Waals surface area contributed by atoms with Crippen LogP contribution in [0, 0.1) is 6.92 Å². The molecule has 1 aromatic rings. The van der Waals surface area contributed by atoms with Gasteiger partial charge < -0.3 is 9.42 Å². The first-order chi connectivity index (χ1) is 6.07. The average molecular weight is 182 g/mol. The standard InChI is InChI=1S/C9H14N2O2/c1-5-7-8(6(2)10-13-7)9(12)11(3)4/h5H2,1-4H3. The van der Waals surface area contributed by atoms with Gasteiger partial charge in [0.25, 0.3) is 5.91 Å². The highest BCUT2D eigenvalue weighted by atomic mass is 16.5. The Bertz CT molecular complexity index is 315. The molecule has 1 rings (SSSR count). The summed E-state index contributed by atoms with van der Waals surface area (Å²) >= 11 is 0. The van der Waals surface area contributed by atoms with Gasteiger partial charge in [-0.3, -0.25) is 4.79 Å². The number of hydrogen-bond acceptors (Lipinski definition) is 3. The number of nitrogens with zero attached hydrogens (tertiary/aromatic N) is 2. The molecule has 0 atom stereocenters. The predicted molar refractivity (Wildman–Crippen MR) is 48.6 cm³/mol.